The molecule has 0 aromatic carbocycles. The van der Waals surface area contributed by atoms with E-state index in [2.05, 4.69) is 46.0 Å². The summed E-state index contributed by atoms with van der Waals surface area (Å²) < 4.78 is 6.26. The van der Waals surface area contributed by atoms with Crippen molar-refractivity contribution in [1.29, 1.82) is 0 Å². The summed E-state index contributed by atoms with van der Waals surface area (Å²) in [5, 5.41) is 0. The Kier molecular flexibility index (Phi) is 5.46. The largest absolute Gasteiger partial charge is 0.375 e. The van der Waals surface area contributed by atoms with Gasteiger partial charge in [-0.3, -0.25) is 14.8 Å². The summed E-state index contributed by atoms with van der Waals surface area (Å²) in [6, 6.07) is 8.74. The second kappa shape index (κ2) is 7.96. The van der Waals surface area contributed by atoms with Crippen molar-refractivity contribution in [3.05, 3.63) is 52.0 Å². The Morgan fingerprint density at radius 1 is 1.08 bits per heavy atom. The molecular formula is C20H27N3OS. The number of pyridine rings is 1. The maximum absolute atomic E-state index is 6.26. The molecule has 0 bridgehead atoms. The lowest BCUT2D eigenvalue weighted by atomic mass is 9.93. The molecule has 2 aliphatic rings. The van der Waals surface area contributed by atoms with Gasteiger partial charge in [-0.2, -0.15) is 0 Å². The number of fused-ring (bicyclic) bond motifs is 1. The fourth-order valence-electron chi connectivity index (χ4n) is 4.01. The van der Waals surface area contributed by atoms with Crippen molar-refractivity contribution in [2.24, 2.45) is 5.92 Å². The van der Waals surface area contributed by atoms with Crippen LogP contribution in [-0.2, 0) is 17.8 Å². The van der Waals surface area contributed by atoms with E-state index in [4.69, 9.17) is 4.74 Å². The molecule has 0 spiro atoms. The van der Waals surface area contributed by atoms with Crippen LogP contribution in [0.5, 0.6) is 0 Å². The van der Waals surface area contributed by atoms with Gasteiger partial charge in [0.2, 0.25) is 0 Å². The first-order valence-electron chi connectivity index (χ1n) is 9.27. The van der Waals surface area contributed by atoms with E-state index in [1.807, 2.05) is 23.7 Å². The monoisotopic (exact) mass is 357 g/mol. The van der Waals surface area contributed by atoms with Crippen molar-refractivity contribution in [3.8, 4) is 0 Å². The molecule has 134 valence electrons. The molecule has 5 heteroatoms. The second-order valence-electron chi connectivity index (χ2n) is 7.30. The highest BCUT2D eigenvalue weighted by Gasteiger charge is 2.33. The molecule has 4 nitrogen and oxygen atoms in total. The van der Waals surface area contributed by atoms with Crippen LogP contribution in [-0.4, -0.2) is 53.7 Å². The third-order valence-electron chi connectivity index (χ3n) is 5.34. The Morgan fingerprint density at radius 3 is 2.72 bits per heavy atom. The number of hydrogen-bond acceptors (Lipinski definition) is 5. The minimum absolute atomic E-state index is 0.386. The molecule has 0 saturated carbocycles. The lowest BCUT2D eigenvalue weighted by Crippen LogP contribution is -2.46. The number of piperidine rings is 1. The van der Waals surface area contributed by atoms with Gasteiger partial charge in [0.05, 0.1) is 12.7 Å². The van der Waals surface area contributed by atoms with Crippen LogP contribution in [0.15, 0.2) is 36.7 Å². The van der Waals surface area contributed by atoms with Gasteiger partial charge in [-0.05, 0) is 49.7 Å². The highest BCUT2D eigenvalue weighted by atomic mass is 32.1. The van der Waals surface area contributed by atoms with Gasteiger partial charge >= 0.3 is 0 Å². The third-order valence-corrected chi connectivity index (χ3v) is 6.33. The Labute approximate surface area is 154 Å². The molecule has 4 heterocycles. The molecule has 2 saturated heterocycles. The fourth-order valence-corrected chi connectivity index (χ4v) is 4.94. The number of nitrogens with zero attached hydrogens (tertiary/aromatic N) is 3. The molecule has 2 aliphatic heterocycles. The highest BCUT2D eigenvalue weighted by Crippen LogP contribution is 2.27. The van der Waals surface area contributed by atoms with E-state index in [-0.39, 0.29) is 0 Å². The van der Waals surface area contributed by atoms with Crippen molar-refractivity contribution in [2.45, 2.75) is 32.5 Å². The van der Waals surface area contributed by atoms with Gasteiger partial charge in [0, 0.05) is 60.8 Å². The van der Waals surface area contributed by atoms with Crippen LogP contribution in [0, 0.1) is 12.8 Å². The summed E-state index contributed by atoms with van der Waals surface area (Å²) >= 11 is 1.92. The van der Waals surface area contributed by atoms with Gasteiger partial charge in [-0.1, -0.05) is 0 Å². The maximum Gasteiger partial charge on any atom is 0.0743 e. The van der Waals surface area contributed by atoms with Gasteiger partial charge in [-0.15, -0.1) is 11.3 Å². The number of likely N-dealkylation sites (tertiary alicyclic amines) is 1. The van der Waals surface area contributed by atoms with Crippen LogP contribution in [0.1, 0.15) is 21.7 Å². The SMILES string of the molecule is Cc1ccc(CN2CC[C@H]3CN(Cc4ccncc4)CCO[C@H]3C2)s1. The summed E-state index contributed by atoms with van der Waals surface area (Å²) in [6.45, 7) is 9.55. The topological polar surface area (TPSA) is 28.6 Å². The van der Waals surface area contributed by atoms with Gasteiger partial charge in [0.25, 0.3) is 0 Å². The number of aromatic nitrogens is 1. The van der Waals surface area contributed by atoms with E-state index in [9.17, 15) is 0 Å². The van der Waals surface area contributed by atoms with Gasteiger partial charge in [0.15, 0.2) is 0 Å². The lowest BCUT2D eigenvalue weighted by Gasteiger charge is -2.37. The Hall–Kier alpha value is -1.27. The number of rotatable bonds is 4. The molecule has 25 heavy (non-hydrogen) atoms. The average molecular weight is 358 g/mol. The van der Waals surface area contributed by atoms with Crippen molar-refractivity contribution >= 4 is 11.3 Å². The summed E-state index contributed by atoms with van der Waals surface area (Å²) in [5.41, 5.74) is 1.35. The van der Waals surface area contributed by atoms with Crippen LogP contribution >= 0.6 is 11.3 Å². The van der Waals surface area contributed by atoms with E-state index >= 15 is 0 Å². The maximum atomic E-state index is 6.26. The quantitative estimate of drug-likeness (QED) is 0.840. The van der Waals surface area contributed by atoms with Crippen LogP contribution in [0.25, 0.3) is 0 Å². The first-order valence-corrected chi connectivity index (χ1v) is 10.1. The molecule has 2 fully saturated rings. The molecule has 0 radical (unpaired) electrons. The van der Waals surface area contributed by atoms with Crippen LogP contribution < -0.4 is 0 Å². The molecular weight excluding hydrogens is 330 g/mol. The molecule has 4 rings (SSSR count). The van der Waals surface area contributed by atoms with Gasteiger partial charge < -0.3 is 4.74 Å². The van der Waals surface area contributed by atoms with Crippen LogP contribution in [0.4, 0.5) is 0 Å². The van der Waals surface area contributed by atoms with E-state index in [0.717, 1.165) is 39.3 Å². The van der Waals surface area contributed by atoms with Crippen molar-refractivity contribution < 1.29 is 4.74 Å². The molecule has 2 aromatic rings. The number of hydrogen-bond donors (Lipinski definition) is 0. The second-order valence-corrected chi connectivity index (χ2v) is 8.67. The predicted molar refractivity (Wildman–Crippen MR) is 102 cm³/mol. The standard InChI is InChI=1S/C20H27N3OS/c1-16-2-3-19(25-16)14-22-9-6-18-13-23(10-11-24-20(18)15-22)12-17-4-7-21-8-5-17/h2-5,7-8,18,20H,6,9-15H2,1H3/t18-,20-/m0/s1. The fraction of sp³-hybridized carbons (Fsp3) is 0.550. The Morgan fingerprint density at radius 2 is 1.92 bits per heavy atom. The molecule has 0 amide bonds. The molecule has 0 N–H and O–H groups in total. The zero-order valence-electron chi connectivity index (χ0n) is 14.9. The zero-order valence-corrected chi connectivity index (χ0v) is 15.8. The normalized spacial score (nSPS) is 25.5. The van der Waals surface area contributed by atoms with E-state index in [0.29, 0.717) is 12.0 Å². The minimum Gasteiger partial charge on any atom is -0.375 e. The average Bonchev–Trinajstić information content (AvgIpc) is 2.91. The summed E-state index contributed by atoms with van der Waals surface area (Å²) in [4.78, 5) is 12.1. The van der Waals surface area contributed by atoms with E-state index in [1.165, 1.54) is 28.3 Å². The minimum atomic E-state index is 0.386. The smallest absolute Gasteiger partial charge is 0.0743 e. The molecule has 0 unspecified atom stereocenters. The van der Waals surface area contributed by atoms with E-state index < -0.39 is 0 Å². The van der Waals surface area contributed by atoms with Gasteiger partial charge in [0.1, 0.15) is 0 Å². The number of ether oxygens (including phenoxy) is 1. The van der Waals surface area contributed by atoms with Crippen molar-refractivity contribution in [2.75, 3.05) is 32.8 Å². The summed E-state index contributed by atoms with van der Waals surface area (Å²) in [7, 11) is 0. The Bertz CT molecular complexity index is 675. The molecule has 2 aromatic heterocycles. The van der Waals surface area contributed by atoms with E-state index in [1.54, 1.807) is 0 Å². The zero-order chi connectivity index (χ0) is 17.1. The summed E-state index contributed by atoms with van der Waals surface area (Å²) in [6.07, 6.45) is 5.40. The number of aryl methyl sites for hydroxylation is 1. The Balaban J connectivity index is 1.34. The summed E-state index contributed by atoms with van der Waals surface area (Å²) in [5.74, 6) is 0.658. The van der Waals surface area contributed by atoms with Crippen LogP contribution in [0.3, 0.4) is 0 Å². The molecule has 0 aliphatic carbocycles. The highest BCUT2D eigenvalue weighted by molar-refractivity contribution is 7.11. The first-order chi connectivity index (χ1) is 12.3. The predicted octanol–water partition coefficient (Wildman–Crippen LogP) is 3.17. The van der Waals surface area contributed by atoms with Crippen molar-refractivity contribution in [1.82, 2.24) is 14.8 Å². The van der Waals surface area contributed by atoms with Crippen molar-refractivity contribution in [3.63, 3.8) is 0 Å². The first kappa shape index (κ1) is 17.2. The lowest BCUT2D eigenvalue weighted by molar-refractivity contribution is -0.0239. The van der Waals surface area contributed by atoms with Crippen LogP contribution in [0.2, 0.25) is 0 Å². The number of thiophene rings is 1. The molecule has 2 atom stereocenters. The van der Waals surface area contributed by atoms with Gasteiger partial charge in [-0.25, -0.2) is 0 Å². The third kappa shape index (κ3) is 4.47.